The van der Waals surface area contributed by atoms with Crippen LogP contribution in [0.4, 0.5) is 0 Å². The second-order valence-corrected chi connectivity index (χ2v) is 17.5. The number of carbonyl (C=O) groups excluding carboxylic acids is 6. The fourth-order valence-electron chi connectivity index (χ4n) is 9.57. The van der Waals surface area contributed by atoms with Crippen molar-refractivity contribution in [1.82, 2.24) is 20.4 Å². The van der Waals surface area contributed by atoms with Gasteiger partial charge >= 0.3 is 0 Å². The Morgan fingerprint density at radius 3 is 2.19 bits per heavy atom. The number of aliphatic hydroxyl groups excluding tert-OH is 1. The van der Waals surface area contributed by atoms with Crippen LogP contribution in [0.15, 0.2) is 18.2 Å². The van der Waals surface area contributed by atoms with Gasteiger partial charge in [0, 0.05) is 115 Å². The van der Waals surface area contributed by atoms with Gasteiger partial charge in [0.1, 0.15) is 29.0 Å². The predicted octanol–water partition coefficient (Wildman–Crippen LogP) is -0.565. The maximum atomic E-state index is 13.5. The largest absolute Gasteiger partial charge is 0.507 e. The zero-order valence-corrected chi connectivity index (χ0v) is 43.4. The molecule has 6 unspecified atom stereocenters. The molecule has 0 saturated carbocycles. The van der Waals surface area contributed by atoms with Crippen LogP contribution in [0.2, 0.25) is 0 Å². The maximum Gasteiger partial charge on any atom is 0.252 e. The topological polar surface area (TPSA) is 297 Å². The number of fused-ring (bicyclic) bond motifs is 6. The number of rotatable bonds is 21. The quantitative estimate of drug-likeness (QED) is 0.0337. The van der Waals surface area contributed by atoms with E-state index in [-0.39, 0.29) is 162 Å². The Kier molecular flexibility index (Phi) is 20.9. The second kappa shape index (κ2) is 26.3. The van der Waals surface area contributed by atoms with E-state index < -0.39 is 64.6 Å². The standard InChI is InChI=1S/C37H44N3O15.C11H19NO4.Y/c1-51-24-4-2-3-21-29(24)35(48)31-30(32(21)45)33(46)22-19-37(50,20-23(41)28(22)34(31)47)36(49)39-9-8-38-25(42)7-11-52-13-15-54-17-18-55-16-14-53-12-10-40-26(43)5-6-27(40)44;1-7-9-8(3-5-14-7)12-4-6-15-11(13-2)10(12)16-9;/h2-5,23,41,46-47,50H,6-20H2,1H3,(H,38,42)(H,39,49);7-11H,3-6H2,1-2H3;/q-1;;/t;7?,8?,9?,10-,11?;/m.1./s1. The Morgan fingerprint density at radius 1 is 0.861 bits per heavy atom. The van der Waals surface area contributed by atoms with E-state index in [4.69, 9.17) is 42.6 Å². The van der Waals surface area contributed by atoms with Gasteiger partial charge in [0.25, 0.3) is 5.91 Å². The minimum Gasteiger partial charge on any atom is -0.507 e. The van der Waals surface area contributed by atoms with E-state index in [2.05, 4.69) is 22.5 Å². The molecule has 0 bridgehead atoms. The van der Waals surface area contributed by atoms with Crippen molar-refractivity contribution >= 4 is 35.2 Å². The van der Waals surface area contributed by atoms with Gasteiger partial charge in [-0.25, -0.2) is 0 Å². The Balaban J connectivity index is 0.000000417. The Labute approximate surface area is 441 Å². The SMILES string of the molecule is COC1OCCN2C3CCOC(C)C3O[C@H]12.COc1cccc2c1C(=O)c1c(O)c3c(c(O)c1C2=O)CC(O)(C(=O)NCCNC(=O)CCOCCOCCOCCOCCN1C(=O)[CH-]CC1=O)CC3O.[Y]. The van der Waals surface area contributed by atoms with Gasteiger partial charge in [-0.15, -0.1) is 0 Å². The van der Waals surface area contributed by atoms with E-state index in [1.54, 1.807) is 7.11 Å². The summed E-state index contributed by atoms with van der Waals surface area (Å²) in [7, 11) is 2.98. The van der Waals surface area contributed by atoms with Crippen LogP contribution < -0.4 is 15.4 Å². The number of nitrogens with zero attached hydrogens (tertiary/aromatic N) is 2. The minimum absolute atomic E-state index is 0. The van der Waals surface area contributed by atoms with Crippen LogP contribution in [-0.2, 0) is 96.2 Å². The average molecular weight is 1090 g/mol. The van der Waals surface area contributed by atoms with Crippen molar-refractivity contribution in [2.45, 2.75) is 81.5 Å². The Bertz CT molecular complexity index is 2270. The molecule has 23 nitrogen and oxygen atoms in total. The van der Waals surface area contributed by atoms with E-state index in [9.17, 15) is 49.2 Å². The molecule has 2 aromatic carbocycles. The molecule has 393 valence electrons. The van der Waals surface area contributed by atoms with Crippen LogP contribution in [0, 0.1) is 6.42 Å². The average Bonchev–Trinajstić information content (AvgIpc) is 3.91. The van der Waals surface area contributed by atoms with Gasteiger partial charge < -0.3 is 83.4 Å². The molecule has 4 saturated heterocycles. The second-order valence-electron chi connectivity index (χ2n) is 17.5. The number of phenolic OH excluding ortho intramolecular Hbond substituents is 2. The molecule has 4 heterocycles. The number of carbonyl (C=O) groups is 6. The number of hydrogen-bond donors (Lipinski definition) is 6. The van der Waals surface area contributed by atoms with Gasteiger partial charge in [-0.3, -0.25) is 35.3 Å². The van der Waals surface area contributed by atoms with Crippen LogP contribution in [0.1, 0.15) is 81.7 Å². The number of nitrogens with one attached hydrogen (secondary N) is 2. The van der Waals surface area contributed by atoms with Crippen LogP contribution in [0.3, 0.4) is 0 Å². The third kappa shape index (κ3) is 12.8. The first kappa shape index (κ1) is 57.1. The van der Waals surface area contributed by atoms with Crippen molar-refractivity contribution < 1.29 is 125 Å². The first-order valence-corrected chi connectivity index (χ1v) is 23.7. The molecule has 2 aliphatic carbocycles. The first-order chi connectivity index (χ1) is 34.2. The molecule has 4 amide bonds. The van der Waals surface area contributed by atoms with Crippen molar-refractivity contribution in [2.24, 2.45) is 0 Å². The molecule has 6 N–H and O–H groups in total. The summed E-state index contributed by atoms with van der Waals surface area (Å²) in [4.78, 5) is 78.7. The summed E-state index contributed by atoms with van der Waals surface area (Å²) in [6.45, 7) is 6.83. The molecule has 7 atom stereocenters. The number of ketones is 2. The molecule has 1 radical (unpaired) electrons. The summed E-state index contributed by atoms with van der Waals surface area (Å²) >= 11 is 0. The molecular formula is C48H63N4O19Y-. The van der Waals surface area contributed by atoms with Crippen molar-refractivity contribution in [3.8, 4) is 17.2 Å². The summed E-state index contributed by atoms with van der Waals surface area (Å²) in [6.07, 6.45) is -0.310. The molecule has 8 rings (SSSR count). The molecule has 4 aliphatic heterocycles. The molecule has 6 aliphatic rings. The molecule has 0 spiro atoms. The zero-order valence-electron chi connectivity index (χ0n) is 40.6. The molecule has 4 fully saturated rings. The first-order valence-electron chi connectivity index (χ1n) is 23.7. The van der Waals surface area contributed by atoms with Crippen molar-refractivity contribution in [2.75, 3.05) is 106 Å². The number of aliphatic hydroxyl groups is 2. The summed E-state index contributed by atoms with van der Waals surface area (Å²) in [5.41, 5.74) is -3.98. The van der Waals surface area contributed by atoms with E-state index in [0.29, 0.717) is 32.5 Å². The van der Waals surface area contributed by atoms with Gasteiger partial charge in [0.2, 0.25) is 11.7 Å². The van der Waals surface area contributed by atoms with Crippen LogP contribution in [0.5, 0.6) is 17.2 Å². The van der Waals surface area contributed by atoms with E-state index in [1.807, 2.05) is 0 Å². The number of ether oxygens (including phenoxy) is 9. The summed E-state index contributed by atoms with van der Waals surface area (Å²) < 4.78 is 49.3. The van der Waals surface area contributed by atoms with Gasteiger partial charge in [-0.2, -0.15) is 0 Å². The van der Waals surface area contributed by atoms with Gasteiger partial charge in [-0.1, -0.05) is 18.6 Å². The number of benzene rings is 2. The maximum absolute atomic E-state index is 13.5. The fraction of sp³-hybridized carbons (Fsp3) is 0.604. The number of phenols is 2. The third-order valence-electron chi connectivity index (χ3n) is 13.1. The number of aromatic hydroxyl groups is 2. The number of likely N-dealkylation sites (tertiary alicyclic amines) is 1. The Morgan fingerprint density at radius 2 is 1.53 bits per heavy atom. The van der Waals surface area contributed by atoms with E-state index in [1.165, 1.54) is 31.7 Å². The summed E-state index contributed by atoms with van der Waals surface area (Å²) in [5, 5.41) is 49.7. The molecule has 0 aromatic heterocycles. The number of morpholine rings is 1. The van der Waals surface area contributed by atoms with Crippen molar-refractivity contribution in [3.05, 3.63) is 58.0 Å². The Hall–Kier alpha value is -4.21. The van der Waals surface area contributed by atoms with Crippen molar-refractivity contribution in [1.29, 1.82) is 0 Å². The molecule has 72 heavy (non-hydrogen) atoms. The van der Waals surface area contributed by atoms with E-state index >= 15 is 0 Å². The zero-order chi connectivity index (χ0) is 50.8. The summed E-state index contributed by atoms with van der Waals surface area (Å²) in [6, 6.07) is 4.79. The third-order valence-corrected chi connectivity index (χ3v) is 13.1. The fourth-order valence-corrected chi connectivity index (χ4v) is 9.57. The number of hydrogen-bond acceptors (Lipinski definition) is 20. The summed E-state index contributed by atoms with van der Waals surface area (Å²) in [5.74, 6) is -4.78. The smallest absolute Gasteiger partial charge is 0.252 e. The molecule has 24 heteroatoms. The normalized spacial score (nSPS) is 25.2. The van der Waals surface area contributed by atoms with Gasteiger partial charge in [0.05, 0.1) is 101 Å². The molecular weight excluding hydrogens is 1030 g/mol. The number of amides is 4. The van der Waals surface area contributed by atoms with E-state index in [0.717, 1.165) is 31.1 Å². The predicted molar refractivity (Wildman–Crippen MR) is 243 cm³/mol. The van der Waals surface area contributed by atoms with Crippen molar-refractivity contribution in [3.63, 3.8) is 0 Å². The molecule has 2 aromatic rings. The van der Waals surface area contributed by atoms with Crippen LogP contribution >= 0.6 is 0 Å². The van der Waals surface area contributed by atoms with Crippen LogP contribution in [-0.4, -0.2) is 208 Å². The minimum atomic E-state index is -2.27. The number of imide groups is 1. The van der Waals surface area contributed by atoms with Crippen LogP contribution in [0.25, 0.3) is 0 Å². The van der Waals surface area contributed by atoms with Gasteiger partial charge in [-0.05, 0) is 19.4 Å². The number of methoxy groups -OCH3 is 2. The van der Waals surface area contributed by atoms with Gasteiger partial charge in [0.15, 0.2) is 24.2 Å². The monoisotopic (exact) mass is 1090 g/mol.